The molecule has 1 atom stereocenters. The van der Waals surface area contributed by atoms with E-state index in [1.165, 1.54) is 5.56 Å². The Balaban J connectivity index is 2.18. The average Bonchev–Trinajstić information content (AvgIpc) is 2.72. The highest BCUT2D eigenvalue weighted by Gasteiger charge is 2.17. The molecule has 1 aromatic heterocycles. The van der Waals surface area contributed by atoms with Gasteiger partial charge in [-0.2, -0.15) is 0 Å². The number of hydrogen-bond donors (Lipinski definition) is 2. The minimum atomic E-state index is 0.163. The minimum Gasteiger partial charge on any atom is -0.332 e. The van der Waals surface area contributed by atoms with Crippen LogP contribution in [0.5, 0.6) is 0 Å². The third kappa shape index (κ3) is 3.86. The Kier molecular flexibility index (Phi) is 5.11. The first-order valence-corrected chi connectivity index (χ1v) is 7.09. The molecule has 2 rings (SSSR count). The summed E-state index contributed by atoms with van der Waals surface area (Å²) in [7, 11) is 0. The number of hydrogen-bond acceptors (Lipinski definition) is 2. The summed E-state index contributed by atoms with van der Waals surface area (Å²) in [6.07, 6.45) is 1.62. The molecule has 3 nitrogen and oxygen atoms in total. The van der Waals surface area contributed by atoms with Gasteiger partial charge in [-0.3, -0.25) is 0 Å². The van der Waals surface area contributed by atoms with Crippen LogP contribution in [-0.2, 0) is 6.42 Å². The maximum absolute atomic E-state index is 5.90. The Morgan fingerprint density at radius 2 is 1.84 bits per heavy atom. The third-order valence-corrected chi connectivity index (χ3v) is 3.83. The van der Waals surface area contributed by atoms with Gasteiger partial charge in [0.05, 0.1) is 0 Å². The molecule has 102 valence electrons. The fourth-order valence-corrected chi connectivity index (χ4v) is 2.39. The zero-order valence-electron chi connectivity index (χ0n) is 10.2. The molecule has 0 saturated carbocycles. The Labute approximate surface area is 127 Å². The zero-order chi connectivity index (χ0) is 13.8. The van der Waals surface area contributed by atoms with Crippen LogP contribution in [0.2, 0.25) is 15.3 Å². The predicted molar refractivity (Wildman–Crippen MR) is 80.2 cm³/mol. The van der Waals surface area contributed by atoms with Gasteiger partial charge >= 0.3 is 0 Å². The molecule has 0 radical (unpaired) electrons. The summed E-state index contributed by atoms with van der Waals surface area (Å²) in [5.41, 5.74) is 6.83. The van der Waals surface area contributed by atoms with Crippen LogP contribution in [0.3, 0.4) is 0 Å². The van der Waals surface area contributed by atoms with Crippen LogP contribution in [0.1, 0.15) is 23.7 Å². The van der Waals surface area contributed by atoms with E-state index in [-0.39, 0.29) is 5.92 Å². The molecule has 3 N–H and O–H groups in total. The van der Waals surface area contributed by atoms with Crippen LogP contribution in [0.15, 0.2) is 24.3 Å². The van der Waals surface area contributed by atoms with Crippen LogP contribution in [0.25, 0.3) is 0 Å². The Morgan fingerprint density at radius 3 is 2.37 bits per heavy atom. The second-order valence-corrected chi connectivity index (χ2v) is 5.50. The fraction of sp³-hybridized carbons (Fsp3) is 0.308. The van der Waals surface area contributed by atoms with Gasteiger partial charge < -0.3 is 10.7 Å². The van der Waals surface area contributed by atoms with E-state index in [9.17, 15) is 0 Å². The molecule has 0 aliphatic carbocycles. The molecule has 6 heteroatoms. The molecular formula is C13H14Cl3N3. The summed E-state index contributed by atoms with van der Waals surface area (Å²) in [5.74, 6) is 0.937. The average molecular weight is 319 g/mol. The van der Waals surface area contributed by atoms with Gasteiger partial charge in [-0.05, 0) is 37.1 Å². The number of nitrogens with zero attached hydrogens (tertiary/aromatic N) is 1. The third-order valence-electron chi connectivity index (χ3n) is 2.93. The van der Waals surface area contributed by atoms with Gasteiger partial charge in [0.2, 0.25) is 0 Å². The highest BCUT2D eigenvalue weighted by atomic mass is 35.5. The highest BCUT2D eigenvalue weighted by molar-refractivity contribution is 6.40. The topological polar surface area (TPSA) is 54.7 Å². The fourth-order valence-electron chi connectivity index (χ4n) is 1.98. The van der Waals surface area contributed by atoms with Crippen molar-refractivity contribution in [3.05, 3.63) is 51.0 Å². The second kappa shape index (κ2) is 6.62. The lowest BCUT2D eigenvalue weighted by Gasteiger charge is -2.13. The standard InChI is InChI=1S/C13H14Cl3N3/c14-10-3-1-8(2-4-10)7-9(5-6-17)13-18-11(15)12(16)19-13/h1-4,9H,5-7,17H2,(H,18,19). The molecule has 0 spiro atoms. The van der Waals surface area contributed by atoms with E-state index in [4.69, 9.17) is 40.5 Å². The van der Waals surface area contributed by atoms with Gasteiger partial charge in [0.25, 0.3) is 0 Å². The number of imidazole rings is 1. The van der Waals surface area contributed by atoms with Crippen molar-refractivity contribution in [3.8, 4) is 0 Å². The van der Waals surface area contributed by atoms with Gasteiger partial charge in [-0.1, -0.05) is 46.9 Å². The molecule has 0 fully saturated rings. The first-order chi connectivity index (χ1) is 9.10. The van der Waals surface area contributed by atoms with E-state index >= 15 is 0 Å². The Hall–Kier alpha value is -0.740. The Morgan fingerprint density at radius 1 is 1.16 bits per heavy atom. The lowest BCUT2D eigenvalue weighted by atomic mass is 9.95. The molecule has 0 bridgehead atoms. The summed E-state index contributed by atoms with van der Waals surface area (Å²) in [4.78, 5) is 7.24. The van der Waals surface area contributed by atoms with Crippen LogP contribution in [-0.4, -0.2) is 16.5 Å². The van der Waals surface area contributed by atoms with E-state index in [1.807, 2.05) is 24.3 Å². The lowest BCUT2D eigenvalue weighted by Crippen LogP contribution is -2.11. The molecular weight excluding hydrogens is 305 g/mol. The summed E-state index contributed by atoms with van der Waals surface area (Å²) in [5, 5.41) is 1.40. The SMILES string of the molecule is NCCC(Cc1ccc(Cl)cc1)c1nc(Cl)c(Cl)[nH]1. The monoisotopic (exact) mass is 317 g/mol. The largest absolute Gasteiger partial charge is 0.332 e. The maximum Gasteiger partial charge on any atom is 0.166 e. The molecule has 0 saturated heterocycles. The van der Waals surface area contributed by atoms with Crippen molar-refractivity contribution in [3.63, 3.8) is 0 Å². The van der Waals surface area contributed by atoms with E-state index < -0.39 is 0 Å². The highest BCUT2D eigenvalue weighted by Crippen LogP contribution is 2.27. The number of aromatic nitrogens is 2. The number of benzene rings is 1. The molecule has 0 amide bonds. The van der Waals surface area contributed by atoms with Crippen molar-refractivity contribution in [2.24, 2.45) is 5.73 Å². The molecule has 1 heterocycles. The molecule has 0 aliphatic heterocycles. The number of aromatic amines is 1. The van der Waals surface area contributed by atoms with Gasteiger partial charge in [0, 0.05) is 10.9 Å². The quantitative estimate of drug-likeness (QED) is 0.874. The Bertz CT molecular complexity index is 517. The van der Waals surface area contributed by atoms with E-state index in [1.54, 1.807) is 0 Å². The van der Waals surface area contributed by atoms with Crippen LogP contribution < -0.4 is 5.73 Å². The summed E-state index contributed by atoms with van der Waals surface area (Å²) >= 11 is 17.7. The van der Waals surface area contributed by atoms with Gasteiger partial charge in [-0.25, -0.2) is 4.98 Å². The zero-order valence-corrected chi connectivity index (χ0v) is 12.4. The smallest absolute Gasteiger partial charge is 0.166 e. The number of nitrogens with one attached hydrogen (secondary N) is 1. The van der Waals surface area contributed by atoms with Crippen molar-refractivity contribution in [2.75, 3.05) is 6.54 Å². The lowest BCUT2D eigenvalue weighted by molar-refractivity contribution is 0.600. The predicted octanol–water partition coefficient (Wildman–Crippen LogP) is 4.05. The number of H-pyrrole nitrogens is 1. The number of halogens is 3. The van der Waals surface area contributed by atoms with Crippen molar-refractivity contribution >= 4 is 34.8 Å². The maximum atomic E-state index is 5.90. The van der Waals surface area contributed by atoms with Gasteiger partial charge in [0.1, 0.15) is 11.0 Å². The van der Waals surface area contributed by atoms with Crippen molar-refractivity contribution in [2.45, 2.75) is 18.8 Å². The summed E-state index contributed by atoms with van der Waals surface area (Å²) in [6.45, 7) is 0.578. The molecule has 0 aliphatic rings. The second-order valence-electron chi connectivity index (χ2n) is 4.33. The van der Waals surface area contributed by atoms with E-state index in [2.05, 4.69) is 9.97 Å². The van der Waals surface area contributed by atoms with E-state index in [0.717, 1.165) is 23.7 Å². The molecule has 1 unspecified atom stereocenters. The van der Waals surface area contributed by atoms with Gasteiger partial charge in [0.15, 0.2) is 5.15 Å². The number of nitrogens with two attached hydrogens (primary N) is 1. The molecule has 2 aromatic rings. The van der Waals surface area contributed by atoms with Gasteiger partial charge in [-0.15, -0.1) is 0 Å². The number of rotatable bonds is 5. The van der Waals surface area contributed by atoms with Crippen LogP contribution in [0, 0.1) is 0 Å². The summed E-state index contributed by atoms with van der Waals surface area (Å²) < 4.78 is 0. The first kappa shape index (κ1) is 14.7. The van der Waals surface area contributed by atoms with Crippen LogP contribution in [0.4, 0.5) is 0 Å². The normalized spacial score (nSPS) is 12.6. The summed E-state index contributed by atoms with van der Waals surface area (Å²) in [6, 6.07) is 7.74. The van der Waals surface area contributed by atoms with Crippen molar-refractivity contribution in [1.29, 1.82) is 0 Å². The van der Waals surface area contributed by atoms with E-state index in [0.29, 0.717) is 16.9 Å². The minimum absolute atomic E-state index is 0.163. The first-order valence-electron chi connectivity index (χ1n) is 5.95. The van der Waals surface area contributed by atoms with Crippen LogP contribution >= 0.6 is 34.8 Å². The molecule has 19 heavy (non-hydrogen) atoms. The molecule has 1 aromatic carbocycles. The van der Waals surface area contributed by atoms with Crippen molar-refractivity contribution in [1.82, 2.24) is 9.97 Å². The van der Waals surface area contributed by atoms with Crippen molar-refractivity contribution < 1.29 is 0 Å².